The van der Waals surface area contributed by atoms with Gasteiger partial charge in [-0.15, -0.1) is 0 Å². The molecule has 0 amide bonds. The fourth-order valence-corrected chi connectivity index (χ4v) is 3.64. The summed E-state index contributed by atoms with van der Waals surface area (Å²) in [6, 6.07) is 0. The molecule has 10 heteroatoms. The molecule has 0 aliphatic carbocycles. The maximum Gasteiger partial charge on any atom is 0.330 e. The number of aromatic nitrogens is 2. The molecule has 2 heterocycles. The number of ether oxygens (including phenoxy) is 2. The van der Waals surface area contributed by atoms with Crippen LogP contribution < -0.4 is 16.0 Å². The molecule has 1 aromatic heterocycles. The van der Waals surface area contributed by atoms with Crippen molar-refractivity contribution in [2.45, 2.75) is 30.3 Å². The average molecular weight is 361 g/mol. The molecule has 2 rings (SSSR count). The van der Waals surface area contributed by atoms with Gasteiger partial charge in [-0.1, -0.05) is 0 Å². The Balaban J connectivity index is 1.85. The third-order valence-corrected chi connectivity index (χ3v) is 5.23. The van der Waals surface area contributed by atoms with E-state index in [1.165, 1.54) is 14.1 Å². The molecule has 0 spiro atoms. The standard InChI is InChI=1S/C14H23N3O6S/c1-16-9-12(13(18)17(2)14(16)19)24(20,21)15-6-4-7-22-10-11-5-3-8-23-11/h9,11,15H,3-8,10H2,1-2H3/t11-/m0/s1. The predicted molar refractivity (Wildman–Crippen MR) is 86.5 cm³/mol. The largest absolute Gasteiger partial charge is 0.379 e. The fraction of sp³-hybridized carbons (Fsp3) is 0.714. The molecule has 0 unspecified atom stereocenters. The first-order chi connectivity index (χ1) is 11.3. The van der Waals surface area contributed by atoms with Crippen LogP contribution in [0.4, 0.5) is 0 Å². The van der Waals surface area contributed by atoms with Gasteiger partial charge in [-0.25, -0.2) is 17.9 Å². The number of nitrogens with one attached hydrogen (secondary N) is 1. The highest BCUT2D eigenvalue weighted by molar-refractivity contribution is 7.89. The Hall–Kier alpha value is -1.49. The van der Waals surface area contributed by atoms with Crippen molar-refractivity contribution >= 4 is 10.0 Å². The molecule has 1 saturated heterocycles. The van der Waals surface area contributed by atoms with Crippen molar-refractivity contribution in [1.82, 2.24) is 13.9 Å². The number of nitrogens with zero attached hydrogens (tertiary/aromatic N) is 2. The quantitative estimate of drug-likeness (QED) is 0.592. The Morgan fingerprint density at radius 2 is 2.12 bits per heavy atom. The van der Waals surface area contributed by atoms with E-state index in [1.807, 2.05) is 0 Å². The van der Waals surface area contributed by atoms with Gasteiger partial charge in [0, 0.05) is 40.1 Å². The van der Waals surface area contributed by atoms with Gasteiger partial charge in [0.1, 0.15) is 0 Å². The van der Waals surface area contributed by atoms with Crippen molar-refractivity contribution in [2.75, 3.05) is 26.4 Å². The summed E-state index contributed by atoms with van der Waals surface area (Å²) in [7, 11) is -1.35. The summed E-state index contributed by atoms with van der Waals surface area (Å²) >= 11 is 0. The van der Waals surface area contributed by atoms with Crippen molar-refractivity contribution in [3.8, 4) is 0 Å². The normalized spacial score (nSPS) is 18.2. The molecule has 0 saturated carbocycles. The van der Waals surface area contributed by atoms with E-state index in [0.717, 1.165) is 34.8 Å². The van der Waals surface area contributed by atoms with Crippen molar-refractivity contribution in [1.29, 1.82) is 0 Å². The van der Waals surface area contributed by atoms with E-state index in [0.29, 0.717) is 19.6 Å². The molecule has 1 atom stereocenters. The molecule has 1 N–H and O–H groups in total. The van der Waals surface area contributed by atoms with E-state index in [2.05, 4.69) is 4.72 Å². The van der Waals surface area contributed by atoms with Crippen molar-refractivity contribution in [2.24, 2.45) is 14.1 Å². The minimum Gasteiger partial charge on any atom is -0.379 e. The van der Waals surface area contributed by atoms with Crippen molar-refractivity contribution in [3.63, 3.8) is 0 Å². The van der Waals surface area contributed by atoms with Gasteiger partial charge in [0.2, 0.25) is 10.0 Å². The molecular formula is C14H23N3O6S. The molecule has 1 fully saturated rings. The first-order valence-corrected chi connectivity index (χ1v) is 9.27. The maximum atomic E-state index is 12.2. The van der Waals surface area contributed by atoms with Gasteiger partial charge in [0.25, 0.3) is 5.56 Å². The van der Waals surface area contributed by atoms with Crippen LogP contribution in [0.15, 0.2) is 20.7 Å². The number of aryl methyl sites for hydroxylation is 1. The topological polar surface area (TPSA) is 109 Å². The zero-order chi connectivity index (χ0) is 17.7. The smallest absolute Gasteiger partial charge is 0.330 e. The van der Waals surface area contributed by atoms with Crippen molar-refractivity contribution in [3.05, 3.63) is 27.0 Å². The Morgan fingerprint density at radius 3 is 2.79 bits per heavy atom. The lowest BCUT2D eigenvalue weighted by molar-refractivity contribution is 0.0169. The van der Waals surface area contributed by atoms with Crippen LogP contribution in [0, 0.1) is 0 Å². The second-order valence-corrected chi connectivity index (χ2v) is 7.45. The number of hydrogen-bond donors (Lipinski definition) is 1. The average Bonchev–Trinajstić information content (AvgIpc) is 3.05. The van der Waals surface area contributed by atoms with E-state index in [9.17, 15) is 18.0 Å². The first kappa shape index (κ1) is 18.8. The number of rotatable bonds is 8. The molecule has 24 heavy (non-hydrogen) atoms. The third kappa shape index (κ3) is 4.53. The van der Waals surface area contributed by atoms with Gasteiger partial charge in [-0.2, -0.15) is 0 Å². The second kappa shape index (κ2) is 8.06. The summed E-state index contributed by atoms with van der Waals surface area (Å²) in [5.74, 6) is 0. The van der Waals surface area contributed by atoms with Gasteiger partial charge in [0.05, 0.1) is 12.7 Å². The third-order valence-electron chi connectivity index (χ3n) is 3.79. The Labute approximate surface area is 140 Å². The Bertz CT molecular complexity index is 777. The van der Waals surface area contributed by atoms with Crippen LogP contribution >= 0.6 is 0 Å². The highest BCUT2D eigenvalue weighted by atomic mass is 32.2. The Kier molecular flexibility index (Phi) is 6.33. The zero-order valence-corrected chi connectivity index (χ0v) is 14.7. The van der Waals surface area contributed by atoms with Crippen LogP contribution in [0.3, 0.4) is 0 Å². The lowest BCUT2D eigenvalue weighted by Crippen LogP contribution is -2.41. The van der Waals surface area contributed by atoms with Crippen LogP contribution in [0.25, 0.3) is 0 Å². The SMILES string of the molecule is Cn1cc(S(=O)(=O)NCCCOC[C@@H]2CCCO2)c(=O)n(C)c1=O. The van der Waals surface area contributed by atoms with E-state index in [4.69, 9.17) is 9.47 Å². The zero-order valence-electron chi connectivity index (χ0n) is 13.9. The predicted octanol–water partition coefficient (Wildman–Crippen LogP) is -1.05. The fourth-order valence-electron chi connectivity index (χ4n) is 2.41. The highest BCUT2D eigenvalue weighted by Crippen LogP contribution is 2.11. The molecule has 136 valence electrons. The summed E-state index contributed by atoms with van der Waals surface area (Å²) in [6.45, 7) is 1.81. The summed E-state index contributed by atoms with van der Waals surface area (Å²) in [6.07, 6.45) is 3.67. The van der Waals surface area contributed by atoms with Gasteiger partial charge < -0.3 is 14.0 Å². The van der Waals surface area contributed by atoms with E-state index >= 15 is 0 Å². The Morgan fingerprint density at radius 1 is 1.38 bits per heavy atom. The van der Waals surface area contributed by atoms with Crippen LogP contribution in [-0.2, 0) is 33.6 Å². The van der Waals surface area contributed by atoms with E-state index in [1.54, 1.807) is 0 Å². The molecular weight excluding hydrogens is 338 g/mol. The van der Waals surface area contributed by atoms with Crippen LogP contribution in [0.1, 0.15) is 19.3 Å². The summed E-state index contributed by atoms with van der Waals surface area (Å²) in [4.78, 5) is 23.1. The van der Waals surface area contributed by atoms with Crippen LogP contribution in [-0.4, -0.2) is 50.0 Å². The first-order valence-electron chi connectivity index (χ1n) is 7.78. The summed E-state index contributed by atoms with van der Waals surface area (Å²) in [5.41, 5.74) is -1.43. The molecule has 0 bridgehead atoms. The minimum absolute atomic E-state index is 0.135. The maximum absolute atomic E-state index is 12.2. The summed E-state index contributed by atoms with van der Waals surface area (Å²) < 4.78 is 39.5. The molecule has 0 radical (unpaired) electrons. The molecule has 1 aliphatic heterocycles. The molecule has 9 nitrogen and oxygen atoms in total. The molecule has 1 aliphatic rings. The minimum atomic E-state index is -3.98. The molecule has 0 aromatic carbocycles. The summed E-state index contributed by atoms with van der Waals surface area (Å²) in [5, 5.41) is 0. The van der Waals surface area contributed by atoms with Crippen LogP contribution in [0.2, 0.25) is 0 Å². The lowest BCUT2D eigenvalue weighted by atomic mass is 10.2. The highest BCUT2D eigenvalue weighted by Gasteiger charge is 2.21. The molecule has 1 aromatic rings. The van der Waals surface area contributed by atoms with Crippen LogP contribution in [0.5, 0.6) is 0 Å². The van der Waals surface area contributed by atoms with Gasteiger partial charge >= 0.3 is 5.69 Å². The van der Waals surface area contributed by atoms with Gasteiger partial charge in [0.15, 0.2) is 4.90 Å². The van der Waals surface area contributed by atoms with Gasteiger partial charge in [-0.05, 0) is 19.3 Å². The van der Waals surface area contributed by atoms with E-state index in [-0.39, 0.29) is 12.6 Å². The lowest BCUT2D eigenvalue weighted by Gasteiger charge is -2.11. The number of hydrogen-bond acceptors (Lipinski definition) is 6. The number of sulfonamides is 1. The van der Waals surface area contributed by atoms with Crippen molar-refractivity contribution < 1.29 is 17.9 Å². The second-order valence-electron chi connectivity index (χ2n) is 5.71. The van der Waals surface area contributed by atoms with Gasteiger partial charge in [-0.3, -0.25) is 9.36 Å². The van der Waals surface area contributed by atoms with E-state index < -0.39 is 26.2 Å². The monoisotopic (exact) mass is 361 g/mol.